The van der Waals surface area contributed by atoms with Crippen LogP contribution in [0, 0.1) is 5.82 Å². The van der Waals surface area contributed by atoms with Crippen LogP contribution in [0.2, 0.25) is 0 Å². The summed E-state index contributed by atoms with van der Waals surface area (Å²) in [7, 11) is 0. The van der Waals surface area contributed by atoms with Crippen LogP contribution in [0.1, 0.15) is 0 Å². The normalized spacial score (nSPS) is 12.2. The highest BCUT2D eigenvalue weighted by molar-refractivity contribution is 5.80. The van der Waals surface area contributed by atoms with Crippen molar-refractivity contribution in [3.63, 3.8) is 0 Å². The predicted octanol–water partition coefficient (Wildman–Crippen LogP) is 3.36. The first-order chi connectivity index (χ1) is 8.46. The van der Waals surface area contributed by atoms with Gasteiger partial charge in [-0.2, -0.15) is 13.2 Å². The van der Waals surface area contributed by atoms with Gasteiger partial charge in [0.2, 0.25) is 0 Å². The van der Waals surface area contributed by atoms with E-state index in [1.54, 1.807) is 22.9 Å². The molecule has 1 aromatic heterocycles. The zero-order chi connectivity index (χ0) is 13.2. The molecule has 0 spiro atoms. The van der Waals surface area contributed by atoms with E-state index < -0.39 is 12.8 Å². The molecule has 0 amide bonds. The zero-order valence-electron chi connectivity index (χ0n) is 9.38. The van der Waals surface area contributed by atoms with Crippen LogP contribution in [0.4, 0.5) is 17.6 Å². The van der Waals surface area contributed by atoms with E-state index in [1.165, 1.54) is 12.1 Å². The van der Waals surface area contributed by atoms with Gasteiger partial charge in [-0.1, -0.05) is 0 Å². The third-order valence-electron chi connectivity index (χ3n) is 2.48. The Morgan fingerprint density at radius 1 is 1.17 bits per heavy atom. The number of hydrogen-bond donors (Lipinski definition) is 0. The van der Waals surface area contributed by atoms with Crippen LogP contribution in [-0.4, -0.2) is 24.0 Å². The van der Waals surface area contributed by atoms with Crippen molar-refractivity contribution in [2.75, 3.05) is 13.2 Å². The molecule has 0 saturated heterocycles. The summed E-state index contributed by atoms with van der Waals surface area (Å²) < 4.78 is 54.8. The van der Waals surface area contributed by atoms with E-state index in [1.807, 2.05) is 0 Å². The van der Waals surface area contributed by atoms with Crippen LogP contribution in [0.3, 0.4) is 0 Å². The minimum atomic E-state index is -4.31. The smallest absolute Gasteiger partial charge is 0.370 e. The summed E-state index contributed by atoms with van der Waals surface area (Å²) in [5.74, 6) is -0.376. The molecule has 0 N–H and O–H groups in total. The number of ether oxygens (including phenoxy) is 1. The van der Waals surface area contributed by atoms with Crippen molar-refractivity contribution in [1.29, 1.82) is 0 Å². The molecule has 0 bridgehead atoms. The highest BCUT2D eigenvalue weighted by atomic mass is 19.4. The summed E-state index contributed by atoms with van der Waals surface area (Å²) in [5, 5.41) is 0.840. The number of halogens is 4. The van der Waals surface area contributed by atoms with Gasteiger partial charge >= 0.3 is 6.18 Å². The van der Waals surface area contributed by atoms with Crippen molar-refractivity contribution in [2.24, 2.45) is 0 Å². The maximum absolute atomic E-state index is 13.0. The summed E-state index contributed by atoms with van der Waals surface area (Å²) in [6, 6.07) is 6.09. The Bertz CT molecular complexity index is 532. The van der Waals surface area contributed by atoms with Crippen LogP contribution in [0.25, 0.3) is 10.9 Å². The number of hydrogen-bond acceptors (Lipinski definition) is 1. The molecule has 98 valence electrons. The molecule has 1 heterocycles. The first-order valence-electron chi connectivity index (χ1n) is 5.34. The molecular formula is C12H11F4NO. The number of rotatable bonds is 4. The second-order valence-electron chi connectivity index (χ2n) is 3.88. The molecule has 0 unspecified atom stereocenters. The van der Waals surface area contributed by atoms with Crippen molar-refractivity contribution in [3.8, 4) is 0 Å². The van der Waals surface area contributed by atoms with E-state index in [-0.39, 0.29) is 19.0 Å². The van der Waals surface area contributed by atoms with Crippen molar-refractivity contribution in [3.05, 3.63) is 36.3 Å². The minimum Gasteiger partial charge on any atom is -0.370 e. The third-order valence-corrected chi connectivity index (χ3v) is 2.48. The fraction of sp³-hybridized carbons (Fsp3) is 0.333. The molecule has 2 nitrogen and oxygen atoms in total. The van der Waals surface area contributed by atoms with Gasteiger partial charge in [0.05, 0.1) is 12.1 Å². The van der Waals surface area contributed by atoms with Gasteiger partial charge in [0, 0.05) is 12.7 Å². The van der Waals surface area contributed by atoms with Gasteiger partial charge in [0.25, 0.3) is 0 Å². The van der Waals surface area contributed by atoms with E-state index >= 15 is 0 Å². The molecule has 0 aliphatic rings. The highest BCUT2D eigenvalue weighted by Gasteiger charge is 2.27. The molecule has 0 aliphatic heterocycles. The van der Waals surface area contributed by atoms with Crippen molar-refractivity contribution >= 4 is 10.9 Å². The molecule has 0 aliphatic carbocycles. The Labute approximate surface area is 101 Å². The monoisotopic (exact) mass is 261 g/mol. The maximum Gasteiger partial charge on any atom is 0.411 e. The lowest BCUT2D eigenvalue weighted by molar-refractivity contribution is -0.174. The van der Waals surface area contributed by atoms with Gasteiger partial charge < -0.3 is 9.30 Å². The van der Waals surface area contributed by atoms with Gasteiger partial charge in [0.15, 0.2) is 0 Å². The lowest BCUT2D eigenvalue weighted by Gasteiger charge is -2.09. The summed E-state index contributed by atoms with van der Waals surface area (Å²) in [6.45, 7) is -1.08. The Morgan fingerprint density at radius 3 is 2.67 bits per heavy atom. The first-order valence-corrected chi connectivity index (χ1v) is 5.34. The van der Waals surface area contributed by atoms with Crippen molar-refractivity contribution in [1.82, 2.24) is 4.57 Å². The van der Waals surface area contributed by atoms with E-state index in [9.17, 15) is 17.6 Å². The second-order valence-corrected chi connectivity index (χ2v) is 3.88. The second kappa shape index (κ2) is 4.97. The standard InChI is InChI=1S/C12H11F4NO/c13-10-2-1-9-3-4-17(11(9)7-10)5-6-18-8-12(14,15)16/h1-4,7H,5-6,8H2. The minimum absolute atomic E-state index is 0.0696. The first kappa shape index (κ1) is 12.9. The van der Waals surface area contributed by atoms with Gasteiger partial charge in [-0.3, -0.25) is 0 Å². The number of aromatic nitrogens is 1. The quantitative estimate of drug-likeness (QED) is 0.608. The predicted molar refractivity (Wildman–Crippen MR) is 58.8 cm³/mol. The number of nitrogens with zero attached hydrogens (tertiary/aromatic N) is 1. The Balaban J connectivity index is 1.98. The summed E-state index contributed by atoms with van der Waals surface area (Å²) in [6.07, 6.45) is -2.62. The lowest BCUT2D eigenvalue weighted by atomic mass is 10.2. The largest absolute Gasteiger partial charge is 0.411 e. The summed E-state index contributed by atoms with van der Waals surface area (Å²) in [4.78, 5) is 0. The summed E-state index contributed by atoms with van der Waals surface area (Å²) >= 11 is 0. The topological polar surface area (TPSA) is 14.2 Å². The molecule has 2 aromatic rings. The molecule has 0 saturated carbocycles. The molecule has 6 heteroatoms. The van der Waals surface area contributed by atoms with Gasteiger partial charge in [0.1, 0.15) is 12.4 Å². The zero-order valence-corrected chi connectivity index (χ0v) is 9.38. The molecule has 0 radical (unpaired) electrons. The molecule has 1 aromatic carbocycles. The van der Waals surface area contributed by atoms with E-state index in [0.29, 0.717) is 5.52 Å². The molecule has 0 fully saturated rings. The van der Waals surface area contributed by atoms with E-state index in [4.69, 9.17) is 0 Å². The van der Waals surface area contributed by atoms with Gasteiger partial charge in [-0.05, 0) is 29.7 Å². The maximum atomic E-state index is 13.0. The molecule has 18 heavy (non-hydrogen) atoms. The van der Waals surface area contributed by atoms with Gasteiger partial charge in [-0.15, -0.1) is 0 Å². The van der Waals surface area contributed by atoms with Gasteiger partial charge in [-0.25, -0.2) is 4.39 Å². The fourth-order valence-corrected chi connectivity index (χ4v) is 1.70. The number of benzene rings is 1. The fourth-order valence-electron chi connectivity index (χ4n) is 1.70. The number of alkyl halides is 3. The average Bonchev–Trinajstić information content (AvgIpc) is 2.66. The average molecular weight is 261 g/mol. The van der Waals surface area contributed by atoms with Crippen LogP contribution < -0.4 is 0 Å². The Kier molecular flexibility index (Phi) is 3.56. The van der Waals surface area contributed by atoms with Crippen LogP contribution in [0.15, 0.2) is 30.5 Å². The molecule has 0 atom stereocenters. The third kappa shape index (κ3) is 3.22. The van der Waals surface area contributed by atoms with Crippen molar-refractivity contribution in [2.45, 2.75) is 12.7 Å². The van der Waals surface area contributed by atoms with E-state index in [0.717, 1.165) is 5.39 Å². The Hall–Kier alpha value is -1.56. The summed E-state index contributed by atoms with van der Waals surface area (Å²) in [5.41, 5.74) is 0.644. The highest BCUT2D eigenvalue weighted by Crippen LogP contribution is 2.17. The lowest BCUT2D eigenvalue weighted by Crippen LogP contribution is -2.18. The Morgan fingerprint density at radius 2 is 1.94 bits per heavy atom. The van der Waals surface area contributed by atoms with Crippen molar-refractivity contribution < 1.29 is 22.3 Å². The van der Waals surface area contributed by atoms with Crippen LogP contribution in [0.5, 0.6) is 0 Å². The SMILES string of the molecule is Fc1ccc2ccn(CCOCC(F)(F)F)c2c1. The molecular weight excluding hydrogens is 250 g/mol. The van der Waals surface area contributed by atoms with E-state index in [2.05, 4.69) is 4.74 Å². The van der Waals surface area contributed by atoms with Crippen LogP contribution in [-0.2, 0) is 11.3 Å². The molecule has 2 rings (SSSR count). The number of fused-ring (bicyclic) bond motifs is 1. The van der Waals surface area contributed by atoms with Crippen LogP contribution >= 0.6 is 0 Å².